The van der Waals surface area contributed by atoms with Gasteiger partial charge in [-0.2, -0.15) is 0 Å². The first-order valence-electron chi connectivity index (χ1n) is 6.68. The highest BCUT2D eigenvalue weighted by molar-refractivity contribution is 5.77. The van der Waals surface area contributed by atoms with Crippen molar-refractivity contribution in [3.63, 3.8) is 0 Å². The lowest BCUT2D eigenvalue weighted by Gasteiger charge is -2.31. The van der Waals surface area contributed by atoms with Crippen LogP contribution in [0.3, 0.4) is 0 Å². The molecule has 0 aromatic carbocycles. The van der Waals surface area contributed by atoms with Crippen LogP contribution in [0, 0.1) is 0 Å². The molecular formula is C13H25NO3. The van der Waals surface area contributed by atoms with Crippen LogP contribution in [0.25, 0.3) is 0 Å². The van der Waals surface area contributed by atoms with Crippen molar-refractivity contribution < 1.29 is 15.0 Å². The maximum absolute atomic E-state index is 11.8. The van der Waals surface area contributed by atoms with Crippen molar-refractivity contribution in [3.8, 4) is 0 Å². The van der Waals surface area contributed by atoms with E-state index in [1.54, 1.807) is 0 Å². The second kappa shape index (κ2) is 6.97. The Labute approximate surface area is 103 Å². The first-order valence-corrected chi connectivity index (χ1v) is 6.68. The Morgan fingerprint density at radius 2 is 2.00 bits per heavy atom. The highest BCUT2D eigenvalue weighted by atomic mass is 16.3. The average Bonchev–Trinajstić information content (AvgIpc) is 2.26. The van der Waals surface area contributed by atoms with Crippen molar-refractivity contribution >= 4 is 5.91 Å². The van der Waals surface area contributed by atoms with Gasteiger partial charge in [0.1, 0.15) is 0 Å². The molecule has 17 heavy (non-hydrogen) atoms. The van der Waals surface area contributed by atoms with Crippen molar-refractivity contribution in [1.29, 1.82) is 0 Å². The minimum Gasteiger partial charge on any atom is -0.396 e. The van der Waals surface area contributed by atoms with E-state index in [0.717, 1.165) is 38.5 Å². The molecule has 4 nitrogen and oxygen atoms in total. The lowest BCUT2D eigenvalue weighted by Crippen LogP contribution is -2.41. The Bertz CT molecular complexity index is 237. The van der Waals surface area contributed by atoms with Crippen LogP contribution < -0.4 is 5.32 Å². The van der Waals surface area contributed by atoms with Gasteiger partial charge in [0.05, 0.1) is 12.0 Å². The van der Waals surface area contributed by atoms with E-state index < -0.39 is 5.60 Å². The molecule has 1 aliphatic rings. The summed E-state index contributed by atoms with van der Waals surface area (Å²) in [6.07, 6.45) is 6.38. The maximum Gasteiger partial charge on any atom is 0.223 e. The largest absolute Gasteiger partial charge is 0.396 e. The minimum atomic E-state index is -0.779. The van der Waals surface area contributed by atoms with Gasteiger partial charge in [-0.05, 0) is 32.6 Å². The summed E-state index contributed by atoms with van der Waals surface area (Å²) in [4.78, 5) is 11.8. The number of amides is 1. The lowest BCUT2D eigenvalue weighted by molar-refractivity contribution is -0.128. The molecule has 0 aromatic heterocycles. The summed E-state index contributed by atoms with van der Waals surface area (Å²) in [6.45, 7) is 2.09. The smallest absolute Gasteiger partial charge is 0.223 e. The SMILES string of the molecule is CC(CCCO)NC(=O)CC1(O)CCCCC1. The third-order valence-corrected chi connectivity index (χ3v) is 3.48. The van der Waals surface area contributed by atoms with Crippen molar-refractivity contribution in [2.24, 2.45) is 0 Å². The van der Waals surface area contributed by atoms with E-state index in [-0.39, 0.29) is 25.0 Å². The monoisotopic (exact) mass is 243 g/mol. The van der Waals surface area contributed by atoms with Gasteiger partial charge in [0.25, 0.3) is 0 Å². The zero-order chi connectivity index (χ0) is 12.7. The first-order chi connectivity index (χ1) is 8.06. The van der Waals surface area contributed by atoms with Crippen molar-refractivity contribution in [3.05, 3.63) is 0 Å². The number of hydrogen-bond donors (Lipinski definition) is 3. The molecule has 1 amide bonds. The number of aliphatic hydroxyl groups is 2. The summed E-state index contributed by atoms with van der Waals surface area (Å²) in [6, 6.07) is 0.0711. The quantitative estimate of drug-likeness (QED) is 0.659. The Hall–Kier alpha value is -0.610. The second-order valence-electron chi connectivity index (χ2n) is 5.30. The highest BCUT2D eigenvalue weighted by Gasteiger charge is 2.31. The molecule has 0 radical (unpaired) electrons. The summed E-state index contributed by atoms with van der Waals surface area (Å²) in [7, 11) is 0. The molecule has 100 valence electrons. The molecule has 3 N–H and O–H groups in total. The number of aliphatic hydroxyl groups excluding tert-OH is 1. The van der Waals surface area contributed by atoms with Gasteiger partial charge in [-0.25, -0.2) is 0 Å². The van der Waals surface area contributed by atoms with Crippen molar-refractivity contribution in [2.75, 3.05) is 6.61 Å². The summed E-state index contributed by atoms with van der Waals surface area (Å²) in [5.74, 6) is -0.0696. The summed E-state index contributed by atoms with van der Waals surface area (Å²) >= 11 is 0. The zero-order valence-corrected chi connectivity index (χ0v) is 10.7. The standard InChI is InChI=1S/C13H25NO3/c1-11(6-5-9-15)14-12(16)10-13(17)7-3-2-4-8-13/h11,15,17H,2-10H2,1H3,(H,14,16). The van der Waals surface area contributed by atoms with Gasteiger partial charge in [0, 0.05) is 12.6 Å². The van der Waals surface area contributed by atoms with Crippen LogP contribution in [0.15, 0.2) is 0 Å². The van der Waals surface area contributed by atoms with E-state index >= 15 is 0 Å². The Kier molecular flexibility index (Phi) is 5.92. The van der Waals surface area contributed by atoms with Crippen LogP contribution in [-0.4, -0.2) is 34.4 Å². The molecule has 1 fully saturated rings. The molecule has 0 bridgehead atoms. The normalized spacial score (nSPS) is 20.9. The van der Waals surface area contributed by atoms with Crippen LogP contribution in [0.4, 0.5) is 0 Å². The van der Waals surface area contributed by atoms with Crippen molar-refractivity contribution in [2.45, 2.75) is 69.9 Å². The number of carbonyl (C=O) groups excluding carboxylic acids is 1. The van der Waals surface area contributed by atoms with Gasteiger partial charge in [-0.1, -0.05) is 19.3 Å². The Balaban J connectivity index is 2.27. The fourth-order valence-electron chi connectivity index (χ4n) is 2.48. The minimum absolute atomic E-state index is 0.0696. The van der Waals surface area contributed by atoms with Gasteiger partial charge in [-0.15, -0.1) is 0 Å². The van der Waals surface area contributed by atoms with Gasteiger partial charge in [-0.3, -0.25) is 4.79 Å². The highest BCUT2D eigenvalue weighted by Crippen LogP contribution is 2.30. The van der Waals surface area contributed by atoms with Gasteiger partial charge in [0.15, 0.2) is 0 Å². The average molecular weight is 243 g/mol. The van der Waals surface area contributed by atoms with Crippen LogP contribution in [0.5, 0.6) is 0 Å². The molecule has 0 aromatic rings. The fourth-order valence-corrected chi connectivity index (χ4v) is 2.48. The van der Waals surface area contributed by atoms with Crippen LogP contribution in [0.1, 0.15) is 58.3 Å². The first kappa shape index (κ1) is 14.5. The third-order valence-electron chi connectivity index (χ3n) is 3.48. The molecular weight excluding hydrogens is 218 g/mol. The molecule has 1 atom stereocenters. The van der Waals surface area contributed by atoms with Gasteiger partial charge >= 0.3 is 0 Å². The van der Waals surface area contributed by atoms with E-state index in [2.05, 4.69) is 5.32 Å². The topological polar surface area (TPSA) is 69.6 Å². The summed E-state index contributed by atoms with van der Waals surface area (Å²) in [5.41, 5.74) is -0.779. The molecule has 1 unspecified atom stereocenters. The van der Waals surface area contributed by atoms with Crippen LogP contribution >= 0.6 is 0 Å². The Morgan fingerprint density at radius 3 is 2.59 bits per heavy atom. The van der Waals surface area contributed by atoms with E-state index in [4.69, 9.17) is 5.11 Å². The molecule has 0 saturated heterocycles. The number of nitrogens with one attached hydrogen (secondary N) is 1. The third kappa shape index (κ3) is 5.50. The molecule has 4 heteroatoms. The predicted octanol–water partition coefficient (Wildman–Crippen LogP) is 1.35. The lowest BCUT2D eigenvalue weighted by atomic mass is 9.82. The fraction of sp³-hybridized carbons (Fsp3) is 0.923. The number of rotatable bonds is 6. The number of hydrogen-bond acceptors (Lipinski definition) is 3. The van der Waals surface area contributed by atoms with E-state index in [0.29, 0.717) is 6.42 Å². The van der Waals surface area contributed by atoms with Gasteiger partial charge < -0.3 is 15.5 Å². The molecule has 1 rings (SSSR count). The second-order valence-corrected chi connectivity index (χ2v) is 5.30. The predicted molar refractivity (Wildman–Crippen MR) is 66.6 cm³/mol. The van der Waals surface area contributed by atoms with E-state index in [1.807, 2.05) is 6.92 Å². The molecule has 1 saturated carbocycles. The van der Waals surface area contributed by atoms with Crippen LogP contribution in [0.2, 0.25) is 0 Å². The number of carbonyl (C=O) groups is 1. The van der Waals surface area contributed by atoms with Crippen LogP contribution in [-0.2, 0) is 4.79 Å². The Morgan fingerprint density at radius 1 is 1.35 bits per heavy atom. The summed E-state index contributed by atoms with van der Waals surface area (Å²) < 4.78 is 0. The molecule has 0 aliphatic heterocycles. The summed E-state index contributed by atoms with van der Waals surface area (Å²) in [5, 5.41) is 21.8. The molecule has 0 heterocycles. The maximum atomic E-state index is 11.8. The van der Waals surface area contributed by atoms with E-state index in [9.17, 15) is 9.90 Å². The zero-order valence-electron chi connectivity index (χ0n) is 10.7. The molecule has 0 spiro atoms. The van der Waals surface area contributed by atoms with Gasteiger partial charge in [0.2, 0.25) is 5.91 Å². The van der Waals surface area contributed by atoms with Crippen molar-refractivity contribution in [1.82, 2.24) is 5.32 Å². The van der Waals surface area contributed by atoms with E-state index in [1.165, 1.54) is 0 Å². The molecule has 1 aliphatic carbocycles.